The van der Waals surface area contributed by atoms with E-state index in [1.165, 1.54) is 32.9 Å². The zero-order valence-corrected chi connectivity index (χ0v) is 15.5. The minimum Gasteiger partial charge on any atom is -0.207 e. The van der Waals surface area contributed by atoms with E-state index in [2.05, 4.69) is 0 Å². The number of piperidine rings is 1. The molecule has 2 aliphatic rings. The van der Waals surface area contributed by atoms with E-state index in [0.717, 1.165) is 32.1 Å². The quantitative estimate of drug-likeness (QED) is 0.810. The van der Waals surface area contributed by atoms with Crippen LogP contribution in [0.1, 0.15) is 39.0 Å². The van der Waals surface area contributed by atoms with Gasteiger partial charge >= 0.3 is 0 Å². The third kappa shape index (κ3) is 3.24. The van der Waals surface area contributed by atoms with E-state index >= 15 is 0 Å². The average Bonchev–Trinajstić information content (AvgIpc) is 3.10. The Hall–Kier alpha value is -0.960. The lowest BCUT2D eigenvalue weighted by Crippen LogP contribution is -2.42. The number of sulfonamides is 2. The molecule has 1 aromatic rings. The standard InChI is InChI=1S/C16H24N2O4S2/c1-14-7-2-3-12-18(14)24(21,22)16-9-6-8-15(13-16)23(19,20)17-10-4-5-11-17/h6,8-9,13-14H,2-5,7,10-12H2,1H3/t14-/m1/s1. The molecule has 3 rings (SSSR count). The maximum absolute atomic E-state index is 12.9. The van der Waals surface area contributed by atoms with Crippen LogP contribution in [0.2, 0.25) is 0 Å². The summed E-state index contributed by atoms with van der Waals surface area (Å²) >= 11 is 0. The molecule has 0 aliphatic carbocycles. The first kappa shape index (κ1) is 17.8. The van der Waals surface area contributed by atoms with Crippen LogP contribution in [0.4, 0.5) is 0 Å². The Morgan fingerprint density at radius 1 is 0.875 bits per heavy atom. The SMILES string of the molecule is C[C@@H]1CCCCN1S(=O)(=O)c1cccc(S(=O)(=O)N2CCCC2)c1. The molecule has 2 saturated heterocycles. The lowest BCUT2D eigenvalue weighted by molar-refractivity contribution is 0.268. The fraction of sp³-hybridized carbons (Fsp3) is 0.625. The third-order valence-corrected chi connectivity index (χ3v) is 8.76. The summed E-state index contributed by atoms with van der Waals surface area (Å²) in [5, 5.41) is 0. The van der Waals surface area contributed by atoms with Gasteiger partial charge in [-0.05, 0) is 50.8 Å². The molecule has 0 bridgehead atoms. The van der Waals surface area contributed by atoms with Crippen molar-refractivity contribution in [1.29, 1.82) is 0 Å². The Morgan fingerprint density at radius 2 is 1.46 bits per heavy atom. The minimum atomic E-state index is -3.67. The molecule has 8 heteroatoms. The fourth-order valence-electron chi connectivity index (χ4n) is 3.44. The molecule has 2 fully saturated rings. The molecule has 0 spiro atoms. The van der Waals surface area contributed by atoms with Gasteiger partial charge in [0.25, 0.3) is 0 Å². The number of rotatable bonds is 4. The molecule has 134 valence electrons. The Morgan fingerprint density at radius 3 is 2.08 bits per heavy atom. The van der Waals surface area contributed by atoms with Gasteiger partial charge in [0.05, 0.1) is 9.79 Å². The number of nitrogens with zero attached hydrogens (tertiary/aromatic N) is 2. The number of hydrogen-bond donors (Lipinski definition) is 0. The smallest absolute Gasteiger partial charge is 0.207 e. The third-order valence-electron chi connectivity index (χ3n) is 4.86. The van der Waals surface area contributed by atoms with Crippen molar-refractivity contribution in [2.75, 3.05) is 19.6 Å². The highest BCUT2D eigenvalue weighted by Crippen LogP contribution is 2.28. The Bertz CT molecular complexity index is 799. The van der Waals surface area contributed by atoms with Gasteiger partial charge < -0.3 is 0 Å². The molecule has 6 nitrogen and oxygen atoms in total. The molecule has 0 saturated carbocycles. The Kier molecular flexibility index (Phi) is 5.01. The van der Waals surface area contributed by atoms with E-state index in [1.54, 1.807) is 0 Å². The van der Waals surface area contributed by atoms with E-state index < -0.39 is 20.0 Å². The summed E-state index contributed by atoms with van der Waals surface area (Å²) in [6, 6.07) is 5.74. The van der Waals surface area contributed by atoms with Crippen LogP contribution < -0.4 is 0 Å². The molecule has 0 aromatic heterocycles. The van der Waals surface area contributed by atoms with Crippen LogP contribution in [0.5, 0.6) is 0 Å². The van der Waals surface area contributed by atoms with Crippen molar-refractivity contribution in [2.45, 2.75) is 54.9 Å². The van der Waals surface area contributed by atoms with E-state index in [4.69, 9.17) is 0 Å². The maximum Gasteiger partial charge on any atom is 0.243 e. The minimum absolute atomic E-state index is 0.0532. The number of benzene rings is 1. The first-order valence-corrected chi connectivity index (χ1v) is 11.3. The van der Waals surface area contributed by atoms with Crippen LogP contribution in [0.25, 0.3) is 0 Å². The zero-order chi connectivity index (χ0) is 17.4. The van der Waals surface area contributed by atoms with Crippen LogP contribution in [-0.4, -0.2) is 51.1 Å². The van der Waals surface area contributed by atoms with Crippen LogP contribution in [0.15, 0.2) is 34.1 Å². The van der Waals surface area contributed by atoms with Gasteiger partial charge in [-0.1, -0.05) is 12.5 Å². The van der Waals surface area contributed by atoms with Gasteiger partial charge in [0.2, 0.25) is 20.0 Å². The van der Waals surface area contributed by atoms with E-state index in [-0.39, 0.29) is 15.8 Å². The van der Waals surface area contributed by atoms with Crippen molar-refractivity contribution < 1.29 is 16.8 Å². The molecule has 0 N–H and O–H groups in total. The predicted octanol–water partition coefficient (Wildman–Crippen LogP) is 2.03. The van der Waals surface area contributed by atoms with Gasteiger partial charge in [-0.3, -0.25) is 0 Å². The van der Waals surface area contributed by atoms with Crippen molar-refractivity contribution in [3.05, 3.63) is 24.3 Å². The summed E-state index contributed by atoms with van der Waals surface area (Å²) in [7, 11) is -7.28. The highest BCUT2D eigenvalue weighted by Gasteiger charge is 2.33. The predicted molar refractivity (Wildman–Crippen MR) is 91.6 cm³/mol. The van der Waals surface area contributed by atoms with Gasteiger partial charge in [-0.25, -0.2) is 16.8 Å². The molecule has 0 amide bonds. The van der Waals surface area contributed by atoms with Crippen molar-refractivity contribution >= 4 is 20.0 Å². The van der Waals surface area contributed by atoms with Gasteiger partial charge in [-0.2, -0.15) is 8.61 Å². The van der Waals surface area contributed by atoms with Crippen LogP contribution in [-0.2, 0) is 20.0 Å². The van der Waals surface area contributed by atoms with Crippen molar-refractivity contribution in [1.82, 2.24) is 8.61 Å². The van der Waals surface area contributed by atoms with Gasteiger partial charge in [0.1, 0.15) is 0 Å². The van der Waals surface area contributed by atoms with Gasteiger partial charge in [0.15, 0.2) is 0 Å². The van der Waals surface area contributed by atoms with Crippen LogP contribution >= 0.6 is 0 Å². The number of hydrogen-bond acceptors (Lipinski definition) is 4. The summed E-state index contributed by atoms with van der Waals surface area (Å²) in [5.41, 5.74) is 0. The lowest BCUT2D eigenvalue weighted by atomic mass is 10.1. The Balaban J connectivity index is 1.95. The largest absolute Gasteiger partial charge is 0.243 e. The molecule has 0 radical (unpaired) electrons. The van der Waals surface area contributed by atoms with Crippen molar-refractivity contribution in [3.8, 4) is 0 Å². The zero-order valence-electron chi connectivity index (χ0n) is 13.9. The summed E-state index contributed by atoms with van der Waals surface area (Å²) in [5.74, 6) is 0. The fourth-order valence-corrected chi connectivity index (χ4v) is 6.82. The van der Waals surface area contributed by atoms with Crippen molar-refractivity contribution in [2.24, 2.45) is 0 Å². The highest BCUT2D eigenvalue weighted by atomic mass is 32.2. The second kappa shape index (κ2) is 6.74. The first-order valence-electron chi connectivity index (χ1n) is 8.45. The second-order valence-corrected chi connectivity index (χ2v) is 10.4. The van der Waals surface area contributed by atoms with E-state index in [9.17, 15) is 16.8 Å². The Labute approximate surface area is 144 Å². The molecule has 2 heterocycles. The summed E-state index contributed by atoms with van der Waals surface area (Å²) in [6.45, 7) is 3.40. The topological polar surface area (TPSA) is 74.8 Å². The van der Waals surface area contributed by atoms with Crippen molar-refractivity contribution in [3.63, 3.8) is 0 Å². The molecular weight excluding hydrogens is 348 g/mol. The summed E-state index contributed by atoms with van der Waals surface area (Å²) < 4.78 is 54.1. The van der Waals surface area contributed by atoms with Crippen LogP contribution in [0, 0.1) is 0 Å². The second-order valence-electron chi connectivity index (χ2n) is 6.55. The molecule has 2 aliphatic heterocycles. The molecule has 24 heavy (non-hydrogen) atoms. The first-order chi connectivity index (χ1) is 11.3. The average molecular weight is 373 g/mol. The van der Waals surface area contributed by atoms with Gasteiger partial charge in [-0.15, -0.1) is 0 Å². The monoisotopic (exact) mass is 372 g/mol. The normalized spacial score (nSPS) is 24.3. The van der Waals surface area contributed by atoms with E-state index in [0.29, 0.717) is 19.6 Å². The molecule has 1 atom stereocenters. The maximum atomic E-state index is 12.9. The van der Waals surface area contributed by atoms with Gasteiger partial charge in [0, 0.05) is 25.7 Å². The highest BCUT2D eigenvalue weighted by molar-refractivity contribution is 7.90. The summed E-state index contributed by atoms with van der Waals surface area (Å²) in [4.78, 5) is 0.131. The summed E-state index contributed by atoms with van der Waals surface area (Å²) in [6.07, 6.45) is 4.40. The molecular formula is C16H24N2O4S2. The van der Waals surface area contributed by atoms with E-state index in [1.807, 2.05) is 6.92 Å². The lowest BCUT2D eigenvalue weighted by Gasteiger charge is -2.32. The molecule has 0 unspecified atom stereocenters. The molecule has 1 aromatic carbocycles. The van der Waals surface area contributed by atoms with Crippen LogP contribution in [0.3, 0.4) is 0 Å².